The molecule has 0 atom stereocenters. The molecule has 3 N–H and O–H groups in total. The second-order valence-electron chi connectivity index (χ2n) is 4.41. The van der Waals surface area contributed by atoms with Gasteiger partial charge in [-0.1, -0.05) is 0 Å². The lowest BCUT2D eigenvalue weighted by molar-refractivity contribution is 0.991. The molecule has 8 heteroatoms. The van der Waals surface area contributed by atoms with E-state index in [9.17, 15) is 0 Å². The molecule has 0 bridgehead atoms. The molecular weight excluding hydrogens is 280 g/mol. The molecular formula is C14H20N8. The molecule has 0 aromatic carbocycles. The van der Waals surface area contributed by atoms with Crippen LogP contribution in [0, 0.1) is 0 Å². The van der Waals surface area contributed by atoms with Crippen molar-refractivity contribution >= 4 is 23.6 Å². The van der Waals surface area contributed by atoms with Gasteiger partial charge in [0.1, 0.15) is 0 Å². The topological polar surface area (TPSA) is 100 Å². The third-order valence-electron chi connectivity index (χ3n) is 2.73. The largest absolute Gasteiger partial charge is 0.354 e. The van der Waals surface area contributed by atoms with Crippen LogP contribution in [0.3, 0.4) is 0 Å². The molecule has 0 saturated heterocycles. The van der Waals surface area contributed by atoms with Gasteiger partial charge in [0.15, 0.2) is 0 Å². The van der Waals surface area contributed by atoms with Gasteiger partial charge >= 0.3 is 0 Å². The van der Waals surface area contributed by atoms with Gasteiger partial charge in [-0.15, -0.1) is 0 Å². The zero-order chi connectivity index (χ0) is 15.8. The van der Waals surface area contributed by atoms with Crippen LogP contribution >= 0.6 is 0 Å². The molecule has 0 aliphatic heterocycles. The smallest absolute Gasteiger partial charge is 0.250 e. The molecule has 0 unspecified atom stereocenters. The molecule has 0 spiro atoms. The van der Waals surface area contributed by atoms with Crippen molar-refractivity contribution in [1.29, 1.82) is 0 Å². The van der Waals surface area contributed by atoms with Crippen molar-refractivity contribution in [2.75, 3.05) is 29.1 Å². The summed E-state index contributed by atoms with van der Waals surface area (Å²) >= 11 is 0. The van der Waals surface area contributed by atoms with Crippen molar-refractivity contribution < 1.29 is 0 Å². The third-order valence-corrected chi connectivity index (χ3v) is 2.73. The number of rotatable bonds is 7. The molecule has 0 radical (unpaired) electrons. The maximum absolute atomic E-state index is 4.30. The highest BCUT2D eigenvalue weighted by atomic mass is 15.4. The fraction of sp³-hybridized carbons (Fsp3) is 0.357. The highest BCUT2D eigenvalue weighted by molar-refractivity contribution is 5.98. The summed E-state index contributed by atoms with van der Waals surface area (Å²) in [5, 5.41) is 10.4. The Bertz CT molecular complexity index is 602. The molecule has 2 aromatic heterocycles. The van der Waals surface area contributed by atoms with Crippen molar-refractivity contribution in [3.63, 3.8) is 0 Å². The van der Waals surface area contributed by atoms with Crippen LogP contribution in [0.15, 0.2) is 29.6 Å². The Kier molecular flexibility index (Phi) is 5.58. The average molecular weight is 300 g/mol. The molecule has 22 heavy (non-hydrogen) atoms. The molecule has 2 heterocycles. The summed E-state index contributed by atoms with van der Waals surface area (Å²) in [6.07, 6.45) is 3.45. The Balaban J connectivity index is 2.17. The molecule has 2 aromatic rings. The van der Waals surface area contributed by atoms with Crippen LogP contribution in [0.4, 0.5) is 17.8 Å². The molecule has 8 nitrogen and oxygen atoms in total. The van der Waals surface area contributed by atoms with Crippen LogP contribution in [-0.2, 0) is 0 Å². The van der Waals surface area contributed by atoms with Crippen LogP contribution < -0.4 is 16.1 Å². The number of nitrogens with zero attached hydrogens (tertiary/aromatic N) is 5. The summed E-state index contributed by atoms with van der Waals surface area (Å²) < 4.78 is 0. The fourth-order valence-corrected chi connectivity index (χ4v) is 1.69. The number of hydrazone groups is 1. The van der Waals surface area contributed by atoms with E-state index in [1.54, 1.807) is 12.4 Å². The summed E-state index contributed by atoms with van der Waals surface area (Å²) in [7, 11) is 0. The van der Waals surface area contributed by atoms with Gasteiger partial charge in [-0.3, -0.25) is 4.98 Å². The zero-order valence-electron chi connectivity index (χ0n) is 13.0. The molecule has 0 amide bonds. The highest BCUT2D eigenvalue weighted by Gasteiger charge is 2.05. The first kappa shape index (κ1) is 15.6. The van der Waals surface area contributed by atoms with Gasteiger partial charge in [-0.2, -0.15) is 20.1 Å². The Morgan fingerprint density at radius 2 is 1.50 bits per heavy atom. The van der Waals surface area contributed by atoms with Crippen LogP contribution in [0.2, 0.25) is 0 Å². The summed E-state index contributed by atoms with van der Waals surface area (Å²) in [4.78, 5) is 16.8. The monoisotopic (exact) mass is 300 g/mol. The molecule has 0 aliphatic carbocycles. The number of aromatic nitrogens is 4. The van der Waals surface area contributed by atoms with E-state index in [1.165, 1.54) is 0 Å². The number of nitrogens with one attached hydrogen (secondary N) is 3. The van der Waals surface area contributed by atoms with Gasteiger partial charge < -0.3 is 10.6 Å². The summed E-state index contributed by atoms with van der Waals surface area (Å²) in [5.41, 5.74) is 4.67. The lowest BCUT2D eigenvalue weighted by atomic mass is 10.2. The maximum atomic E-state index is 4.30. The zero-order valence-corrected chi connectivity index (χ0v) is 13.0. The minimum atomic E-state index is 0.385. The van der Waals surface area contributed by atoms with E-state index in [4.69, 9.17) is 0 Å². The lowest BCUT2D eigenvalue weighted by Crippen LogP contribution is -2.11. The SMILES string of the molecule is CCNc1nc(NCC)nc(N/N=C(\C)c2ccncc2)n1. The van der Waals surface area contributed by atoms with Gasteiger partial charge in [0.25, 0.3) is 0 Å². The first-order valence-electron chi connectivity index (χ1n) is 7.17. The van der Waals surface area contributed by atoms with Crippen LogP contribution in [0.25, 0.3) is 0 Å². The second-order valence-corrected chi connectivity index (χ2v) is 4.41. The maximum Gasteiger partial charge on any atom is 0.250 e. The van der Waals surface area contributed by atoms with E-state index >= 15 is 0 Å². The Morgan fingerprint density at radius 1 is 0.955 bits per heavy atom. The minimum absolute atomic E-state index is 0.385. The standard InChI is InChI=1S/C14H20N8/c1-4-16-12-18-13(17-5-2)20-14(19-12)22-21-10(3)11-6-8-15-9-7-11/h6-9H,4-5H2,1-3H3,(H3,16,17,18,19,20,22)/b21-10+. The van der Waals surface area contributed by atoms with Gasteiger partial charge in [-0.25, -0.2) is 5.43 Å². The van der Waals surface area contributed by atoms with Crippen molar-refractivity contribution in [1.82, 2.24) is 19.9 Å². The predicted molar refractivity (Wildman–Crippen MR) is 88.2 cm³/mol. The van der Waals surface area contributed by atoms with E-state index in [2.05, 4.69) is 41.1 Å². The number of hydrogen-bond acceptors (Lipinski definition) is 8. The van der Waals surface area contributed by atoms with Gasteiger partial charge in [0.2, 0.25) is 17.8 Å². The van der Waals surface area contributed by atoms with Crippen LogP contribution in [-0.4, -0.2) is 38.7 Å². The van der Waals surface area contributed by atoms with Crippen LogP contribution in [0.5, 0.6) is 0 Å². The molecule has 116 valence electrons. The van der Waals surface area contributed by atoms with E-state index in [0.717, 1.165) is 24.4 Å². The Labute approximate surface area is 129 Å². The van der Waals surface area contributed by atoms with Crippen LogP contribution in [0.1, 0.15) is 26.3 Å². The van der Waals surface area contributed by atoms with Gasteiger partial charge in [-0.05, 0) is 32.9 Å². The molecule has 0 aliphatic rings. The summed E-state index contributed by atoms with van der Waals surface area (Å²) in [6, 6.07) is 3.78. The van der Waals surface area contributed by atoms with Crippen molar-refractivity contribution in [2.45, 2.75) is 20.8 Å². The third kappa shape index (κ3) is 4.37. The fourth-order valence-electron chi connectivity index (χ4n) is 1.69. The van der Waals surface area contributed by atoms with E-state index in [0.29, 0.717) is 17.8 Å². The summed E-state index contributed by atoms with van der Waals surface area (Å²) in [6.45, 7) is 7.33. The quantitative estimate of drug-likeness (QED) is 0.531. The van der Waals surface area contributed by atoms with Gasteiger partial charge in [0.05, 0.1) is 5.71 Å². The Hall–Kier alpha value is -2.77. The summed E-state index contributed by atoms with van der Waals surface area (Å²) in [5.74, 6) is 1.40. The van der Waals surface area contributed by atoms with Crippen molar-refractivity contribution in [3.8, 4) is 0 Å². The second kappa shape index (κ2) is 7.87. The number of hydrogen-bond donors (Lipinski definition) is 3. The average Bonchev–Trinajstić information content (AvgIpc) is 2.54. The number of pyridine rings is 1. The minimum Gasteiger partial charge on any atom is -0.354 e. The first-order chi connectivity index (χ1) is 10.7. The van der Waals surface area contributed by atoms with E-state index < -0.39 is 0 Å². The highest BCUT2D eigenvalue weighted by Crippen LogP contribution is 2.09. The van der Waals surface area contributed by atoms with E-state index in [-0.39, 0.29) is 0 Å². The lowest BCUT2D eigenvalue weighted by Gasteiger charge is -2.08. The Morgan fingerprint density at radius 3 is 2.05 bits per heavy atom. The first-order valence-corrected chi connectivity index (χ1v) is 7.17. The van der Waals surface area contributed by atoms with E-state index in [1.807, 2.05) is 32.9 Å². The van der Waals surface area contributed by atoms with Crippen molar-refractivity contribution in [2.24, 2.45) is 5.10 Å². The number of anilines is 3. The van der Waals surface area contributed by atoms with Gasteiger partial charge in [0, 0.05) is 31.0 Å². The normalized spacial score (nSPS) is 11.1. The predicted octanol–water partition coefficient (Wildman–Crippen LogP) is 1.97. The molecule has 0 saturated carbocycles. The molecule has 0 fully saturated rings. The molecule has 2 rings (SSSR count). The van der Waals surface area contributed by atoms with Crippen molar-refractivity contribution in [3.05, 3.63) is 30.1 Å².